The molecule has 0 rings (SSSR count). The van der Waals surface area contributed by atoms with Gasteiger partial charge in [0.25, 0.3) is 0 Å². The molecular formula is C9H14F6O2. The molecule has 0 aromatic heterocycles. The maximum Gasteiger partial charge on any atom is 0.391 e. The molecule has 0 heterocycles. The van der Waals surface area contributed by atoms with Crippen LogP contribution in [-0.4, -0.2) is 31.9 Å². The first kappa shape index (κ1) is 16.5. The van der Waals surface area contributed by atoms with Gasteiger partial charge < -0.3 is 9.47 Å². The van der Waals surface area contributed by atoms with Gasteiger partial charge in [-0.3, -0.25) is 0 Å². The summed E-state index contributed by atoms with van der Waals surface area (Å²) in [6.07, 6.45) is -11.8. The van der Waals surface area contributed by atoms with Gasteiger partial charge in [0, 0.05) is 0 Å². The van der Waals surface area contributed by atoms with Gasteiger partial charge in [0.1, 0.15) is 0 Å². The molecule has 0 radical (unpaired) electrons. The molecule has 0 saturated carbocycles. The molecule has 0 bridgehead atoms. The van der Waals surface area contributed by atoms with Crippen molar-refractivity contribution in [1.82, 2.24) is 0 Å². The Balaban J connectivity index is 3.70. The minimum Gasteiger partial charge on any atom is -0.352 e. The Morgan fingerprint density at radius 3 is 1.41 bits per heavy atom. The van der Waals surface area contributed by atoms with E-state index in [9.17, 15) is 26.3 Å². The summed E-state index contributed by atoms with van der Waals surface area (Å²) in [4.78, 5) is 0. The molecule has 0 unspecified atom stereocenters. The van der Waals surface area contributed by atoms with Gasteiger partial charge in [-0.05, 0) is 6.42 Å². The molecule has 0 saturated heterocycles. The summed E-state index contributed by atoms with van der Waals surface area (Å²) < 4.78 is 79.8. The van der Waals surface area contributed by atoms with Gasteiger partial charge in [0.05, 0.1) is 26.1 Å². The fourth-order valence-electron chi connectivity index (χ4n) is 0.896. The van der Waals surface area contributed by atoms with E-state index in [0.717, 1.165) is 0 Å². The molecule has 0 aliphatic heterocycles. The van der Waals surface area contributed by atoms with E-state index < -0.39 is 44.7 Å². The number of alkyl halides is 6. The van der Waals surface area contributed by atoms with Gasteiger partial charge >= 0.3 is 12.4 Å². The smallest absolute Gasteiger partial charge is 0.352 e. The van der Waals surface area contributed by atoms with Crippen LogP contribution in [0.4, 0.5) is 26.3 Å². The number of ether oxygens (including phenoxy) is 2. The van der Waals surface area contributed by atoms with Gasteiger partial charge in [-0.15, -0.1) is 0 Å². The van der Waals surface area contributed by atoms with Crippen molar-refractivity contribution in [3.63, 3.8) is 0 Å². The second-order valence-corrected chi connectivity index (χ2v) is 3.31. The van der Waals surface area contributed by atoms with E-state index in [0.29, 0.717) is 0 Å². The maximum absolute atomic E-state index is 11.7. The van der Waals surface area contributed by atoms with Crippen LogP contribution >= 0.6 is 0 Å². The van der Waals surface area contributed by atoms with Crippen molar-refractivity contribution < 1.29 is 35.8 Å². The van der Waals surface area contributed by atoms with Gasteiger partial charge in [0.15, 0.2) is 6.29 Å². The first-order valence-corrected chi connectivity index (χ1v) is 5.01. The van der Waals surface area contributed by atoms with Crippen molar-refractivity contribution in [3.8, 4) is 0 Å². The first-order valence-electron chi connectivity index (χ1n) is 5.01. The molecule has 0 atom stereocenters. The third kappa shape index (κ3) is 11.8. The van der Waals surface area contributed by atoms with Crippen molar-refractivity contribution in [2.45, 2.75) is 44.8 Å². The van der Waals surface area contributed by atoms with Gasteiger partial charge in [-0.2, -0.15) is 26.3 Å². The lowest BCUT2D eigenvalue weighted by Crippen LogP contribution is -2.22. The first-order chi connectivity index (χ1) is 7.64. The van der Waals surface area contributed by atoms with Crippen molar-refractivity contribution in [2.24, 2.45) is 0 Å². The Morgan fingerprint density at radius 1 is 0.824 bits per heavy atom. The molecule has 0 spiro atoms. The molecule has 0 aromatic rings. The Morgan fingerprint density at radius 2 is 1.18 bits per heavy atom. The van der Waals surface area contributed by atoms with Crippen molar-refractivity contribution in [1.29, 1.82) is 0 Å². The molecule has 2 nitrogen and oxygen atoms in total. The van der Waals surface area contributed by atoms with E-state index in [1.165, 1.54) is 0 Å². The normalized spacial score (nSPS) is 13.4. The average Bonchev–Trinajstić information content (AvgIpc) is 2.11. The van der Waals surface area contributed by atoms with E-state index in [1.54, 1.807) is 6.92 Å². The lowest BCUT2D eigenvalue weighted by molar-refractivity contribution is -0.197. The molecular weight excluding hydrogens is 254 g/mol. The van der Waals surface area contributed by atoms with Gasteiger partial charge in [0.2, 0.25) is 0 Å². The van der Waals surface area contributed by atoms with Gasteiger partial charge in [-0.25, -0.2) is 0 Å². The summed E-state index contributed by atoms with van der Waals surface area (Å²) in [6, 6.07) is 0. The minimum absolute atomic E-state index is 0.190. The monoisotopic (exact) mass is 268 g/mol. The average molecular weight is 268 g/mol. The highest BCUT2D eigenvalue weighted by molar-refractivity contribution is 4.52. The van der Waals surface area contributed by atoms with E-state index in [4.69, 9.17) is 0 Å². The van der Waals surface area contributed by atoms with E-state index in [1.807, 2.05) is 0 Å². The van der Waals surface area contributed by atoms with Crippen LogP contribution in [-0.2, 0) is 9.47 Å². The molecule has 0 N–H and O–H groups in total. The van der Waals surface area contributed by atoms with Crippen LogP contribution < -0.4 is 0 Å². The summed E-state index contributed by atoms with van der Waals surface area (Å²) in [5, 5.41) is 0. The SMILES string of the molecule is CCC(OCCC(F)(F)F)OCCC(F)(F)F. The predicted molar refractivity (Wildman–Crippen MR) is 47.3 cm³/mol. The minimum atomic E-state index is -4.34. The highest BCUT2D eigenvalue weighted by atomic mass is 19.4. The molecule has 8 heteroatoms. The van der Waals surface area contributed by atoms with E-state index in [-0.39, 0.29) is 6.42 Å². The molecule has 0 aliphatic rings. The summed E-state index contributed by atoms with van der Waals surface area (Å²) >= 11 is 0. The van der Waals surface area contributed by atoms with Crippen LogP contribution in [0.1, 0.15) is 26.2 Å². The van der Waals surface area contributed by atoms with Crippen molar-refractivity contribution in [2.75, 3.05) is 13.2 Å². The van der Waals surface area contributed by atoms with Crippen LogP contribution in [0.2, 0.25) is 0 Å². The molecule has 0 aliphatic carbocycles. The number of rotatable bonds is 7. The fraction of sp³-hybridized carbons (Fsp3) is 1.00. The third-order valence-electron chi connectivity index (χ3n) is 1.71. The van der Waals surface area contributed by atoms with Crippen molar-refractivity contribution >= 4 is 0 Å². The zero-order chi connectivity index (χ0) is 13.5. The Labute approximate surface area is 94.9 Å². The Bertz CT molecular complexity index is 181. The Kier molecular flexibility index (Phi) is 6.84. The predicted octanol–water partition coefficient (Wildman–Crippen LogP) is 3.66. The number of hydrogen-bond donors (Lipinski definition) is 0. The summed E-state index contributed by atoms with van der Waals surface area (Å²) in [6.45, 7) is 0.313. The summed E-state index contributed by atoms with van der Waals surface area (Å²) in [5.74, 6) is 0. The standard InChI is InChI=1S/C9H14F6O2/c1-2-7(16-5-3-8(10,11)12)17-6-4-9(13,14)15/h7H,2-6H2,1H3. The summed E-state index contributed by atoms with van der Waals surface area (Å²) in [7, 11) is 0. The highest BCUT2D eigenvalue weighted by Crippen LogP contribution is 2.21. The van der Waals surface area contributed by atoms with Crippen LogP contribution in [0, 0.1) is 0 Å². The Hall–Kier alpha value is -0.500. The zero-order valence-corrected chi connectivity index (χ0v) is 9.20. The zero-order valence-electron chi connectivity index (χ0n) is 9.20. The molecule has 104 valence electrons. The molecule has 17 heavy (non-hydrogen) atoms. The fourth-order valence-corrected chi connectivity index (χ4v) is 0.896. The quantitative estimate of drug-likeness (QED) is 0.518. The third-order valence-corrected chi connectivity index (χ3v) is 1.71. The number of hydrogen-bond acceptors (Lipinski definition) is 2. The van der Waals surface area contributed by atoms with Crippen LogP contribution in [0.15, 0.2) is 0 Å². The largest absolute Gasteiger partial charge is 0.391 e. The topological polar surface area (TPSA) is 18.5 Å². The molecule has 0 amide bonds. The van der Waals surface area contributed by atoms with Crippen molar-refractivity contribution in [3.05, 3.63) is 0 Å². The summed E-state index contributed by atoms with van der Waals surface area (Å²) in [5.41, 5.74) is 0. The molecule has 0 aromatic carbocycles. The van der Waals surface area contributed by atoms with Crippen LogP contribution in [0.5, 0.6) is 0 Å². The van der Waals surface area contributed by atoms with Crippen LogP contribution in [0.3, 0.4) is 0 Å². The lowest BCUT2D eigenvalue weighted by atomic mass is 10.4. The van der Waals surface area contributed by atoms with Crippen LogP contribution in [0.25, 0.3) is 0 Å². The number of halogens is 6. The lowest BCUT2D eigenvalue weighted by Gasteiger charge is -2.18. The van der Waals surface area contributed by atoms with Gasteiger partial charge in [-0.1, -0.05) is 6.92 Å². The second kappa shape index (κ2) is 7.05. The maximum atomic E-state index is 11.7. The molecule has 0 fully saturated rings. The highest BCUT2D eigenvalue weighted by Gasteiger charge is 2.28. The van der Waals surface area contributed by atoms with E-state index in [2.05, 4.69) is 9.47 Å². The van der Waals surface area contributed by atoms with E-state index >= 15 is 0 Å². The second-order valence-electron chi connectivity index (χ2n) is 3.31.